The smallest absolute Gasteiger partial charge is 0.352 e. The van der Waals surface area contributed by atoms with Crippen LogP contribution in [0, 0.1) is 0 Å². The van der Waals surface area contributed by atoms with E-state index in [4.69, 9.17) is 0 Å². The quantitative estimate of drug-likeness (QED) is 0.758. The Labute approximate surface area is 146 Å². The summed E-state index contributed by atoms with van der Waals surface area (Å²) in [6, 6.07) is 11.7. The van der Waals surface area contributed by atoms with Crippen LogP contribution >= 0.6 is 0 Å². The van der Waals surface area contributed by atoms with Crippen LogP contribution in [0.4, 0.5) is 13.2 Å². The van der Waals surface area contributed by atoms with Gasteiger partial charge >= 0.3 is 6.18 Å². The molecule has 0 spiro atoms. The summed E-state index contributed by atoms with van der Waals surface area (Å²) >= 11 is 0. The van der Waals surface area contributed by atoms with Crippen LogP contribution in [0.1, 0.15) is 21.5 Å². The van der Waals surface area contributed by atoms with Gasteiger partial charge in [0, 0.05) is 12.1 Å². The number of halogens is 3. The van der Waals surface area contributed by atoms with Gasteiger partial charge in [0.15, 0.2) is 0 Å². The van der Waals surface area contributed by atoms with Gasteiger partial charge in [0.05, 0.1) is 11.3 Å². The van der Waals surface area contributed by atoms with Gasteiger partial charge in [-0.2, -0.15) is 13.2 Å². The number of amides is 1. The Hall–Kier alpha value is -3.23. The first-order chi connectivity index (χ1) is 12.4. The minimum atomic E-state index is -4.35. The summed E-state index contributed by atoms with van der Waals surface area (Å²) in [4.78, 5) is 12.2. The Morgan fingerprint density at radius 3 is 2.54 bits per heavy atom. The number of aromatic nitrogens is 4. The second-order valence-electron chi connectivity index (χ2n) is 5.51. The molecule has 0 unspecified atom stereocenters. The molecule has 0 saturated heterocycles. The number of rotatable bonds is 5. The second-order valence-corrected chi connectivity index (χ2v) is 5.51. The number of nitrogens with zero attached hydrogens (tertiary/aromatic N) is 4. The van der Waals surface area contributed by atoms with Crippen molar-refractivity contribution in [2.75, 3.05) is 6.54 Å². The van der Waals surface area contributed by atoms with Crippen molar-refractivity contribution in [3.63, 3.8) is 0 Å². The molecule has 26 heavy (non-hydrogen) atoms. The summed E-state index contributed by atoms with van der Waals surface area (Å²) in [6.07, 6.45) is -2.50. The summed E-state index contributed by atoms with van der Waals surface area (Å²) in [5, 5.41) is 13.6. The van der Waals surface area contributed by atoms with Gasteiger partial charge in [-0.05, 0) is 52.7 Å². The maximum absolute atomic E-state index is 12.5. The first-order valence-electron chi connectivity index (χ1n) is 7.71. The summed E-state index contributed by atoms with van der Waals surface area (Å²) in [7, 11) is 0. The van der Waals surface area contributed by atoms with Crippen LogP contribution in [0.3, 0.4) is 0 Å². The van der Waals surface area contributed by atoms with E-state index >= 15 is 0 Å². The first kappa shape index (κ1) is 17.6. The van der Waals surface area contributed by atoms with Gasteiger partial charge in [-0.15, -0.1) is 5.10 Å². The zero-order chi connectivity index (χ0) is 18.6. The Morgan fingerprint density at radius 2 is 1.88 bits per heavy atom. The number of hydrogen-bond donors (Lipinski definition) is 1. The fraction of sp³-hybridized carbons (Fsp3) is 0.176. The summed E-state index contributed by atoms with van der Waals surface area (Å²) in [5.74, 6) is -0.285. The van der Waals surface area contributed by atoms with Crippen molar-refractivity contribution in [2.24, 2.45) is 0 Å². The normalized spacial score (nSPS) is 11.3. The highest BCUT2D eigenvalue weighted by Gasteiger charge is 2.29. The lowest BCUT2D eigenvalue weighted by atomic mass is 10.1. The Kier molecular flexibility index (Phi) is 4.97. The second kappa shape index (κ2) is 7.34. The van der Waals surface area contributed by atoms with Gasteiger partial charge in [0.25, 0.3) is 5.91 Å². The van der Waals surface area contributed by atoms with E-state index in [0.717, 1.165) is 12.1 Å². The van der Waals surface area contributed by atoms with Crippen molar-refractivity contribution in [1.29, 1.82) is 0 Å². The van der Waals surface area contributed by atoms with E-state index in [-0.39, 0.29) is 5.91 Å². The van der Waals surface area contributed by atoms with Crippen molar-refractivity contribution < 1.29 is 18.0 Å². The SMILES string of the molecule is O=C(NCCc1ccc(C(F)(F)F)cc1)c1cccc(-n2cnnn2)c1. The van der Waals surface area contributed by atoms with Crippen LogP contribution in [0.5, 0.6) is 0 Å². The zero-order valence-corrected chi connectivity index (χ0v) is 13.4. The fourth-order valence-electron chi connectivity index (χ4n) is 2.35. The number of carbonyl (C=O) groups is 1. The molecule has 0 radical (unpaired) electrons. The number of hydrogen-bond acceptors (Lipinski definition) is 4. The number of tetrazole rings is 1. The molecule has 2 aromatic carbocycles. The molecular formula is C17H14F3N5O. The minimum absolute atomic E-state index is 0.285. The van der Waals surface area contributed by atoms with Crippen molar-refractivity contribution in [3.05, 3.63) is 71.5 Å². The van der Waals surface area contributed by atoms with Crippen molar-refractivity contribution in [2.45, 2.75) is 12.6 Å². The number of nitrogens with one attached hydrogen (secondary N) is 1. The van der Waals surface area contributed by atoms with Crippen LogP contribution in [-0.4, -0.2) is 32.7 Å². The summed E-state index contributed by atoms with van der Waals surface area (Å²) in [6.45, 7) is 0.305. The lowest BCUT2D eigenvalue weighted by molar-refractivity contribution is -0.137. The molecule has 3 rings (SSSR count). The minimum Gasteiger partial charge on any atom is -0.352 e. The van der Waals surface area contributed by atoms with Crippen LogP contribution in [0.2, 0.25) is 0 Å². The molecule has 1 N–H and O–H groups in total. The molecule has 0 aliphatic heterocycles. The molecule has 134 valence electrons. The number of benzene rings is 2. The van der Waals surface area contributed by atoms with Gasteiger partial charge in [-0.25, -0.2) is 4.68 Å². The van der Waals surface area contributed by atoms with Crippen LogP contribution in [0.25, 0.3) is 5.69 Å². The zero-order valence-electron chi connectivity index (χ0n) is 13.4. The van der Waals surface area contributed by atoms with Gasteiger partial charge < -0.3 is 5.32 Å². The maximum atomic E-state index is 12.5. The van der Waals surface area contributed by atoms with Gasteiger partial charge in [0.2, 0.25) is 0 Å². The summed E-state index contributed by atoms with van der Waals surface area (Å²) < 4.78 is 39.0. The molecule has 0 bridgehead atoms. The lowest BCUT2D eigenvalue weighted by Gasteiger charge is -2.09. The molecule has 0 aliphatic carbocycles. The monoisotopic (exact) mass is 361 g/mol. The molecular weight excluding hydrogens is 347 g/mol. The van der Waals surface area contributed by atoms with E-state index in [1.807, 2.05) is 0 Å². The molecule has 1 aromatic heterocycles. The summed E-state index contributed by atoms with van der Waals surface area (Å²) in [5.41, 5.74) is 1.10. The third-order valence-electron chi connectivity index (χ3n) is 3.70. The largest absolute Gasteiger partial charge is 0.416 e. The highest BCUT2D eigenvalue weighted by Crippen LogP contribution is 2.29. The molecule has 3 aromatic rings. The molecule has 0 atom stereocenters. The van der Waals surface area contributed by atoms with E-state index in [2.05, 4.69) is 20.8 Å². The highest BCUT2D eigenvalue weighted by atomic mass is 19.4. The first-order valence-corrected chi connectivity index (χ1v) is 7.71. The van der Waals surface area contributed by atoms with E-state index < -0.39 is 11.7 Å². The fourth-order valence-corrected chi connectivity index (χ4v) is 2.35. The van der Waals surface area contributed by atoms with Crippen LogP contribution < -0.4 is 5.32 Å². The molecule has 1 heterocycles. The van der Waals surface area contributed by atoms with E-state index in [1.165, 1.54) is 23.1 Å². The molecule has 9 heteroatoms. The molecule has 0 aliphatic rings. The highest BCUT2D eigenvalue weighted by molar-refractivity contribution is 5.94. The molecule has 0 saturated carbocycles. The topological polar surface area (TPSA) is 72.7 Å². The van der Waals surface area contributed by atoms with Gasteiger partial charge in [-0.3, -0.25) is 4.79 Å². The van der Waals surface area contributed by atoms with E-state index in [9.17, 15) is 18.0 Å². The van der Waals surface area contributed by atoms with Crippen molar-refractivity contribution >= 4 is 5.91 Å². The van der Waals surface area contributed by atoms with Gasteiger partial charge in [0.1, 0.15) is 6.33 Å². The van der Waals surface area contributed by atoms with Crippen LogP contribution in [-0.2, 0) is 12.6 Å². The third-order valence-corrected chi connectivity index (χ3v) is 3.70. The third kappa shape index (κ3) is 4.24. The number of alkyl halides is 3. The van der Waals surface area contributed by atoms with E-state index in [0.29, 0.717) is 29.8 Å². The predicted octanol–water partition coefficient (Wildman–Crippen LogP) is 2.65. The molecule has 6 nitrogen and oxygen atoms in total. The van der Waals surface area contributed by atoms with Crippen LogP contribution in [0.15, 0.2) is 54.9 Å². The molecule has 0 fully saturated rings. The van der Waals surface area contributed by atoms with E-state index in [1.54, 1.807) is 24.3 Å². The predicted molar refractivity (Wildman–Crippen MR) is 86.6 cm³/mol. The maximum Gasteiger partial charge on any atom is 0.416 e. The molecule has 1 amide bonds. The Bertz CT molecular complexity index is 876. The number of carbonyl (C=O) groups excluding carboxylic acids is 1. The Morgan fingerprint density at radius 1 is 1.12 bits per heavy atom. The average molecular weight is 361 g/mol. The average Bonchev–Trinajstić information content (AvgIpc) is 3.16. The standard InChI is InChI=1S/C17H14F3N5O/c18-17(19,20)14-6-4-12(5-7-14)8-9-21-16(26)13-2-1-3-15(10-13)25-11-22-23-24-25/h1-7,10-11H,8-9H2,(H,21,26). The Balaban J connectivity index is 1.57. The van der Waals surface area contributed by atoms with Crippen molar-refractivity contribution in [3.8, 4) is 5.69 Å². The van der Waals surface area contributed by atoms with Gasteiger partial charge in [-0.1, -0.05) is 18.2 Å². The van der Waals surface area contributed by atoms with Crippen molar-refractivity contribution in [1.82, 2.24) is 25.5 Å². The lowest BCUT2D eigenvalue weighted by Crippen LogP contribution is -2.25.